The van der Waals surface area contributed by atoms with Gasteiger partial charge in [-0.15, -0.1) is 0 Å². The van der Waals surface area contributed by atoms with Gasteiger partial charge in [-0.25, -0.2) is 5.84 Å². The summed E-state index contributed by atoms with van der Waals surface area (Å²) in [6, 6.07) is 0. The maximum absolute atomic E-state index is 5.52. The predicted molar refractivity (Wildman–Crippen MR) is 84.3 cm³/mol. The van der Waals surface area contributed by atoms with Crippen LogP contribution in [0.3, 0.4) is 0 Å². The van der Waals surface area contributed by atoms with Gasteiger partial charge in [0.25, 0.3) is 0 Å². The molecule has 1 aliphatic heterocycles. The SMILES string of the molecule is CN(CC1CCC1)c1nc(NN)nc(N2CCCCC2)n1. The van der Waals surface area contributed by atoms with Crippen molar-refractivity contribution in [3.8, 4) is 0 Å². The van der Waals surface area contributed by atoms with Crippen molar-refractivity contribution in [2.75, 3.05) is 41.9 Å². The van der Waals surface area contributed by atoms with Crippen LogP contribution in [0.5, 0.6) is 0 Å². The van der Waals surface area contributed by atoms with Gasteiger partial charge in [0, 0.05) is 26.7 Å². The first-order valence-electron chi connectivity index (χ1n) is 7.95. The molecule has 0 unspecified atom stereocenters. The van der Waals surface area contributed by atoms with E-state index >= 15 is 0 Å². The third-order valence-corrected chi connectivity index (χ3v) is 4.48. The fourth-order valence-electron chi connectivity index (χ4n) is 2.97. The van der Waals surface area contributed by atoms with Gasteiger partial charge >= 0.3 is 0 Å². The minimum atomic E-state index is 0.445. The topological polar surface area (TPSA) is 83.2 Å². The molecular formula is C14H25N7. The van der Waals surface area contributed by atoms with E-state index in [0.29, 0.717) is 11.9 Å². The van der Waals surface area contributed by atoms with E-state index in [0.717, 1.165) is 31.5 Å². The van der Waals surface area contributed by atoms with Crippen LogP contribution in [0.4, 0.5) is 17.8 Å². The Kier molecular flexibility index (Phi) is 4.38. The number of aromatic nitrogens is 3. The van der Waals surface area contributed by atoms with Crippen LogP contribution < -0.4 is 21.1 Å². The number of piperidine rings is 1. The normalized spacial score (nSPS) is 19.2. The van der Waals surface area contributed by atoms with Gasteiger partial charge < -0.3 is 9.80 Å². The van der Waals surface area contributed by atoms with Gasteiger partial charge in [0.2, 0.25) is 17.8 Å². The van der Waals surface area contributed by atoms with Crippen LogP contribution in [-0.4, -0.2) is 41.6 Å². The largest absolute Gasteiger partial charge is 0.343 e. The number of nitrogen functional groups attached to an aromatic ring is 1. The number of nitrogens with two attached hydrogens (primary N) is 1. The van der Waals surface area contributed by atoms with E-state index in [1.165, 1.54) is 38.5 Å². The van der Waals surface area contributed by atoms with Crippen molar-refractivity contribution in [1.82, 2.24) is 15.0 Å². The molecule has 2 heterocycles. The minimum Gasteiger partial charge on any atom is -0.343 e. The molecule has 0 atom stereocenters. The molecule has 1 saturated carbocycles. The molecule has 0 bridgehead atoms. The minimum absolute atomic E-state index is 0.445. The second-order valence-electron chi connectivity index (χ2n) is 6.13. The first-order chi connectivity index (χ1) is 10.3. The van der Waals surface area contributed by atoms with E-state index < -0.39 is 0 Å². The molecule has 116 valence electrons. The Balaban J connectivity index is 1.77. The molecule has 7 heteroatoms. The standard InChI is InChI=1S/C14H25N7/c1-20(10-11-6-5-7-11)13-16-12(19-15)17-14(18-13)21-8-3-2-4-9-21/h11H,2-10,15H2,1H3,(H,16,17,18,19). The van der Waals surface area contributed by atoms with E-state index in [2.05, 4.69) is 30.2 Å². The van der Waals surface area contributed by atoms with Gasteiger partial charge in [0.1, 0.15) is 0 Å². The summed E-state index contributed by atoms with van der Waals surface area (Å²) in [5, 5.41) is 0. The number of hydrogen-bond donors (Lipinski definition) is 2. The second kappa shape index (κ2) is 6.43. The first-order valence-corrected chi connectivity index (χ1v) is 7.95. The summed E-state index contributed by atoms with van der Waals surface area (Å²) >= 11 is 0. The molecule has 1 aromatic rings. The molecule has 3 N–H and O–H groups in total. The Morgan fingerprint density at radius 3 is 2.52 bits per heavy atom. The van der Waals surface area contributed by atoms with Gasteiger partial charge in [0.15, 0.2) is 0 Å². The van der Waals surface area contributed by atoms with Crippen LogP contribution in [0.25, 0.3) is 0 Å². The van der Waals surface area contributed by atoms with E-state index in [-0.39, 0.29) is 0 Å². The highest BCUT2D eigenvalue weighted by Gasteiger charge is 2.22. The summed E-state index contributed by atoms with van der Waals surface area (Å²) in [6.07, 6.45) is 7.67. The number of rotatable bonds is 5. The fourth-order valence-corrected chi connectivity index (χ4v) is 2.97. The monoisotopic (exact) mass is 291 g/mol. The number of hydrogen-bond acceptors (Lipinski definition) is 7. The molecule has 0 spiro atoms. The number of nitrogens with zero attached hydrogens (tertiary/aromatic N) is 5. The lowest BCUT2D eigenvalue weighted by molar-refractivity contribution is 0.320. The molecule has 0 amide bonds. The van der Waals surface area contributed by atoms with E-state index in [1.807, 2.05) is 7.05 Å². The second-order valence-corrected chi connectivity index (χ2v) is 6.13. The predicted octanol–water partition coefficient (Wildman–Crippen LogP) is 1.38. The zero-order valence-electron chi connectivity index (χ0n) is 12.8. The first kappa shape index (κ1) is 14.3. The summed E-state index contributed by atoms with van der Waals surface area (Å²) < 4.78 is 0. The average Bonchev–Trinajstić information content (AvgIpc) is 2.51. The Bertz CT molecular complexity index is 468. The molecule has 2 aliphatic rings. The van der Waals surface area contributed by atoms with Crippen LogP contribution in [0.2, 0.25) is 0 Å². The van der Waals surface area contributed by atoms with Gasteiger partial charge in [0.05, 0.1) is 0 Å². The van der Waals surface area contributed by atoms with E-state index in [1.54, 1.807) is 0 Å². The molecule has 0 aromatic carbocycles. The van der Waals surface area contributed by atoms with Crippen LogP contribution in [0, 0.1) is 5.92 Å². The summed E-state index contributed by atoms with van der Waals surface area (Å²) in [4.78, 5) is 17.8. The average molecular weight is 291 g/mol. The molecular weight excluding hydrogens is 266 g/mol. The van der Waals surface area contributed by atoms with Crippen LogP contribution in [0.1, 0.15) is 38.5 Å². The van der Waals surface area contributed by atoms with Gasteiger partial charge in [-0.2, -0.15) is 15.0 Å². The quantitative estimate of drug-likeness (QED) is 0.626. The highest BCUT2D eigenvalue weighted by molar-refractivity contribution is 5.44. The summed E-state index contributed by atoms with van der Waals surface area (Å²) in [5.41, 5.74) is 2.57. The molecule has 2 fully saturated rings. The van der Waals surface area contributed by atoms with Crippen molar-refractivity contribution in [3.63, 3.8) is 0 Å². The Labute approximate surface area is 125 Å². The molecule has 21 heavy (non-hydrogen) atoms. The maximum Gasteiger partial charge on any atom is 0.243 e. The third-order valence-electron chi connectivity index (χ3n) is 4.48. The van der Waals surface area contributed by atoms with E-state index in [9.17, 15) is 0 Å². The molecule has 1 saturated heterocycles. The third kappa shape index (κ3) is 3.34. The van der Waals surface area contributed by atoms with Crippen LogP contribution >= 0.6 is 0 Å². The number of hydrazine groups is 1. The van der Waals surface area contributed by atoms with Crippen molar-refractivity contribution in [2.24, 2.45) is 11.8 Å². The highest BCUT2D eigenvalue weighted by atomic mass is 15.4. The van der Waals surface area contributed by atoms with Crippen molar-refractivity contribution >= 4 is 17.8 Å². The van der Waals surface area contributed by atoms with Crippen molar-refractivity contribution in [3.05, 3.63) is 0 Å². The molecule has 7 nitrogen and oxygen atoms in total. The molecule has 0 radical (unpaired) electrons. The molecule has 3 rings (SSSR count). The Morgan fingerprint density at radius 2 is 1.90 bits per heavy atom. The van der Waals surface area contributed by atoms with Crippen LogP contribution in [0.15, 0.2) is 0 Å². The van der Waals surface area contributed by atoms with Gasteiger partial charge in [-0.05, 0) is 38.0 Å². The van der Waals surface area contributed by atoms with Gasteiger partial charge in [-0.3, -0.25) is 5.43 Å². The maximum atomic E-state index is 5.52. The highest BCUT2D eigenvalue weighted by Crippen LogP contribution is 2.28. The summed E-state index contributed by atoms with van der Waals surface area (Å²) in [5.74, 6) is 8.20. The summed E-state index contributed by atoms with van der Waals surface area (Å²) in [6.45, 7) is 3.03. The van der Waals surface area contributed by atoms with Crippen LogP contribution in [-0.2, 0) is 0 Å². The molecule has 1 aromatic heterocycles. The van der Waals surface area contributed by atoms with Gasteiger partial charge in [-0.1, -0.05) is 6.42 Å². The fraction of sp³-hybridized carbons (Fsp3) is 0.786. The molecule has 1 aliphatic carbocycles. The summed E-state index contributed by atoms with van der Waals surface area (Å²) in [7, 11) is 2.05. The lowest BCUT2D eigenvalue weighted by Crippen LogP contribution is -2.34. The van der Waals surface area contributed by atoms with Crippen molar-refractivity contribution < 1.29 is 0 Å². The van der Waals surface area contributed by atoms with Crippen molar-refractivity contribution in [1.29, 1.82) is 0 Å². The lowest BCUT2D eigenvalue weighted by Gasteiger charge is -2.31. The number of nitrogens with one attached hydrogen (secondary N) is 1. The zero-order valence-corrected chi connectivity index (χ0v) is 12.8. The lowest BCUT2D eigenvalue weighted by atomic mass is 9.85. The number of anilines is 3. The smallest absolute Gasteiger partial charge is 0.243 e. The van der Waals surface area contributed by atoms with E-state index in [4.69, 9.17) is 5.84 Å². The Hall–Kier alpha value is -1.63. The Morgan fingerprint density at radius 1 is 1.14 bits per heavy atom. The zero-order chi connectivity index (χ0) is 14.7. The van der Waals surface area contributed by atoms with Crippen molar-refractivity contribution in [2.45, 2.75) is 38.5 Å².